The summed E-state index contributed by atoms with van der Waals surface area (Å²) in [5, 5.41) is 8.66. The molecule has 0 amide bonds. The molecule has 0 saturated carbocycles. The van der Waals surface area contributed by atoms with Crippen LogP contribution in [0.2, 0.25) is 0 Å². The highest BCUT2D eigenvalue weighted by molar-refractivity contribution is 5.66. The molecule has 2 heterocycles. The summed E-state index contributed by atoms with van der Waals surface area (Å²) in [7, 11) is 0. The molecule has 18 heavy (non-hydrogen) atoms. The zero-order chi connectivity index (χ0) is 13.0. The first kappa shape index (κ1) is 12.8. The third kappa shape index (κ3) is 3.43. The summed E-state index contributed by atoms with van der Waals surface area (Å²) in [5.74, 6) is 0.297. The second-order valence-electron chi connectivity index (χ2n) is 4.66. The molecule has 1 N–H and O–H groups in total. The Morgan fingerprint density at radius 1 is 1.39 bits per heavy atom. The van der Waals surface area contributed by atoms with E-state index in [1.165, 1.54) is 5.56 Å². The van der Waals surface area contributed by atoms with Gasteiger partial charge in [-0.3, -0.25) is 9.69 Å². The van der Waals surface area contributed by atoms with E-state index in [0.717, 1.165) is 32.0 Å². The van der Waals surface area contributed by atoms with E-state index < -0.39 is 5.97 Å². The first-order valence-electron chi connectivity index (χ1n) is 6.27. The number of hydrogen-bond donors (Lipinski definition) is 1. The summed E-state index contributed by atoms with van der Waals surface area (Å²) in [4.78, 5) is 19.3. The number of rotatable bonds is 4. The number of nitrogens with zero attached hydrogens (tertiary/aromatic N) is 3. The fourth-order valence-electron chi connectivity index (χ4n) is 2.15. The Bertz CT molecular complexity index is 414. The molecule has 0 unspecified atom stereocenters. The topological polar surface area (TPSA) is 56.7 Å². The lowest BCUT2D eigenvalue weighted by Crippen LogP contribution is -2.47. The van der Waals surface area contributed by atoms with Crippen molar-refractivity contribution in [3.8, 4) is 0 Å². The third-order valence-electron chi connectivity index (χ3n) is 3.24. The average Bonchev–Trinajstić information content (AvgIpc) is 2.37. The van der Waals surface area contributed by atoms with Gasteiger partial charge in [-0.05, 0) is 24.6 Å². The van der Waals surface area contributed by atoms with Gasteiger partial charge in [-0.1, -0.05) is 0 Å². The molecule has 0 atom stereocenters. The molecular weight excluding hydrogens is 230 g/mol. The third-order valence-corrected chi connectivity index (χ3v) is 3.24. The van der Waals surface area contributed by atoms with Gasteiger partial charge >= 0.3 is 5.97 Å². The lowest BCUT2D eigenvalue weighted by Gasteiger charge is -2.35. The van der Waals surface area contributed by atoms with Crippen LogP contribution in [0, 0.1) is 6.92 Å². The fraction of sp³-hybridized carbons (Fsp3) is 0.538. The van der Waals surface area contributed by atoms with E-state index >= 15 is 0 Å². The van der Waals surface area contributed by atoms with Gasteiger partial charge in [-0.2, -0.15) is 0 Å². The Balaban J connectivity index is 1.85. The standard InChI is InChI=1S/C13H19N3O2/c1-11-2-4-14-12(10-11)16-8-6-15(7-9-16)5-3-13(17)18/h2,4,10H,3,5-9H2,1H3,(H,17,18). The van der Waals surface area contributed by atoms with E-state index in [0.29, 0.717) is 6.54 Å². The highest BCUT2D eigenvalue weighted by atomic mass is 16.4. The van der Waals surface area contributed by atoms with Crippen molar-refractivity contribution in [3.05, 3.63) is 23.9 Å². The van der Waals surface area contributed by atoms with Crippen molar-refractivity contribution in [1.82, 2.24) is 9.88 Å². The minimum Gasteiger partial charge on any atom is -0.481 e. The Labute approximate surface area is 107 Å². The van der Waals surface area contributed by atoms with Crippen LogP contribution >= 0.6 is 0 Å². The summed E-state index contributed by atoms with van der Waals surface area (Å²) < 4.78 is 0. The second kappa shape index (κ2) is 5.82. The number of aryl methyl sites for hydroxylation is 1. The zero-order valence-corrected chi connectivity index (χ0v) is 10.7. The normalized spacial score (nSPS) is 16.8. The first-order chi connectivity index (χ1) is 8.65. The molecule has 0 aliphatic carbocycles. The Kier molecular flexibility index (Phi) is 4.15. The van der Waals surface area contributed by atoms with Crippen molar-refractivity contribution < 1.29 is 9.90 Å². The molecule has 5 nitrogen and oxygen atoms in total. The number of carbonyl (C=O) groups is 1. The van der Waals surface area contributed by atoms with Crippen molar-refractivity contribution in [1.29, 1.82) is 0 Å². The van der Waals surface area contributed by atoms with Crippen LogP contribution in [0.3, 0.4) is 0 Å². The maximum absolute atomic E-state index is 10.5. The summed E-state index contributed by atoms with van der Waals surface area (Å²) in [5.41, 5.74) is 1.22. The fourth-order valence-corrected chi connectivity index (χ4v) is 2.15. The zero-order valence-electron chi connectivity index (χ0n) is 10.7. The smallest absolute Gasteiger partial charge is 0.304 e. The van der Waals surface area contributed by atoms with Gasteiger partial charge in [0.05, 0.1) is 6.42 Å². The van der Waals surface area contributed by atoms with Crippen molar-refractivity contribution in [3.63, 3.8) is 0 Å². The molecule has 0 aromatic carbocycles. The molecule has 0 spiro atoms. The van der Waals surface area contributed by atoms with Crippen LogP contribution in [0.4, 0.5) is 5.82 Å². The van der Waals surface area contributed by atoms with Crippen molar-refractivity contribution in [2.45, 2.75) is 13.3 Å². The highest BCUT2D eigenvalue weighted by Gasteiger charge is 2.18. The van der Waals surface area contributed by atoms with Crippen LogP contribution in [-0.4, -0.2) is 53.7 Å². The van der Waals surface area contributed by atoms with Crippen LogP contribution < -0.4 is 4.90 Å². The predicted octanol–water partition coefficient (Wildman–Crippen LogP) is 0.987. The molecule has 5 heteroatoms. The number of hydrogen-bond acceptors (Lipinski definition) is 4. The number of aliphatic carboxylic acids is 1. The van der Waals surface area contributed by atoms with Crippen LogP contribution in [-0.2, 0) is 4.79 Å². The van der Waals surface area contributed by atoms with Crippen LogP contribution in [0.5, 0.6) is 0 Å². The molecule has 1 fully saturated rings. The monoisotopic (exact) mass is 249 g/mol. The van der Waals surface area contributed by atoms with E-state index in [9.17, 15) is 4.79 Å². The number of piperazine rings is 1. The molecule has 98 valence electrons. The largest absolute Gasteiger partial charge is 0.481 e. The van der Waals surface area contributed by atoms with Gasteiger partial charge in [0.1, 0.15) is 5.82 Å². The Morgan fingerprint density at radius 2 is 2.11 bits per heavy atom. The number of carboxylic acid groups (broad SMARTS) is 1. The van der Waals surface area contributed by atoms with Crippen LogP contribution in [0.25, 0.3) is 0 Å². The number of aromatic nitrogens is 1. The van der Waals surface area contributed by atoms with E-state index in [-0.39, 0.29) is 6.42 Å². The summed E-state index contributed by atoms with van der Waals surface area (Å²) in [6.45, 7) is 6.34. The lowest BCUT2D eigenvalue weighted by molar-refractivity contribution is -0.137. The SMILES string of the molecule is Cc1ccnc(N2CCN(CCC(=O)O)CC2)c1. The number of pyridine rings is 1. The van der Waals surface area contributed by atoms with Gasteiger partial charge in [-0.15, -0.1) is 0 Å². The minimum absolute atomic E-state index is 0.225. The lowest BCUT2D eigenvalue weighted by atomic mass is 10.2. The van der Waals surface area contributed by atoms with Crippen molar-refractivity contribution >= 4 is 11.8 Å². The van der Waals surface area contributed by atoms with Gasteiger partial charge in [0.25, 0.3) is 0 Å². The van der Waals surface area contributed by atoms with E-state index in [1.807, 2.05) is 12.3 Å². The molecular formula is C13H19N3O2. The predicted molar refractivity (Wildman–Crippen MR) is 69.9 cm³/mol. The van der Waals surface area contributed by atoms with Gasteiger partial charge in [0, 0.05) is 38.9 Å². The number of anilines is 1. The molecule has 1 aliphatic heterocycles. The highest BCUT2D eigenvalue weighted by Crippen LogP contribution is 2.14. The summed E-state index contributed by atoms with van der Waals surface area (Å²) in [6, 6.07) is 4.08. The molecule has 1 aliphatic rings. The maximum atomic E-state index is 10.5. The van der Waals surface area contributed by atoms with Crippen LogP contribution in [0.15, 0.2) is 18.3 Å². The first-order valence-corrected chi connectivity index (χ1v) is 6.27. The molecule has 1 saturated heterocycles. The molecule has 2 rings (SSSR count). The van der Waals surface area contributed by atoms with Gasteiger partial charge in [0.15, 0.2) is 0 Å². The van der Waals surface area contributed by atoms with Crippen LogP contribution in [0.1, 0.15) is 12.0 Å². The van der Waals surface area contributed by atoms with Gasteiger partial charge in [0.2, 0.25) is 0 Å². The average molecular weight is 249 g/mol. The second-order valence-corrected chi connectivity index (χ2v) is 4.66. The molecule has 1 aromatic heterocycles. The molecule has 1 aromatic rings. The number of carboxylic acids is 1. The van der Waals surface area contributed by atoms with Crippen molar-refractivity contribution in [2.75, 3.05) is 37.6 Å². The molecule has 0 radical (unpaired) electrons. The Hall–Kier alpha value is -1.62. The Morgan fingerprint density at radius 3 is 2.72 bits per heavy atom. The maximum Gasteiger partial charge on any atom is 0.304 e. The minimum atomic E-state index is -0.724. The van der Waals surface area contributed by atoms with Gasteiger partial charge < -0.3 is 10.0 Å². The van der Waals surface area contributed by atoms with E-state index in [2.05, 4.69) is 27.8 Å². The molecule has 0 bridgehead atoms. The quantitative estimate of drug-likeness (QED) is 0.862. The summed E-state index contributed by atoms with van der Waals surface area (Å²) in [6.07, 6.45) is 2.06. The van der Waals surface area contributed by atoms with Gasteiger partial charge in [-0.25, -0.2) is 4.98 Å². The summed E-state index contributed by atoms with van der Waals surface area (Å²) >= 11 is 0. The van der Waals surface area contributed by atoms with E-state index in [1.54, 1.807) is 0 Å². The van der Waals surface area contributed by atoms with E-state index in [4.69, 9.17) is 5.11 Å². The van der Waals surface area contributed by atoms with Crippen molar-refractivity contribution in [2.24, 2.45) is 0 Å².